The van der Waals surface area contributed by atoms with Gasteiger partial charge in [0, 0.05) is 6.42 Å². The van der Waals surface area contributed by atoms with Gasteiger partial charge in [-0.1, -0.05) is 280 Å². The standard InChI is InChI=1S/C70H127NO13/c1-3-5-7-9-11-13-15-17-19-21-22-23-24-25-26-27-28-29-30-31-32-33-34-35-36-38-40-42-44-46-48-50-52-54-62(75)71-58(59(74)53-51-49-47-45-43-41-39-37-20-18-16-14-12-10-8-6-4-2)57-81-69-67(80)65(78)68(61(56-73)83-69)84-70-66(79)64(77)63(76)60(55-72)82-70/h5,7,11,13,17,19,22-23,51,53,58-61,63-70,72-74,76-80H,3-4,6,8-10,12,14-16,18,20-21,24-50,52,54-57H2,1-2H3,(H,71,75)/b7-5-,13-11-,19-17-,23-22-,53-51+. The largest absolute Gasteiger partial charge is 0.394 e. The third-order valence-corrected chi connectivity index (χ3v) is 16.7. The molecule has 2 heterocycles. The molecule has 0 aromatic rings. The van der Waals surface area contributed by atoms with Crippen molar-refractivity contribution in [3.8, 4) is 0 Å². The van der Waals surface area contributed by atoms with Gasteiger partial charge in [-0.2, -0.15) is 0 Å². The normalized spacial score (nSPS) is 24.0. The van der Waals surface area contributed by atoms with Crippen molar-refractivity contribution in [3.63, 3.8) is 0 Å². The first kappa shape index (κ1) is 77.8. The first-order valence-corrected chi connectivity index (χ1v) is 34.5. The van der Waals surface area contributed by atoms with Crippen LogP contribution in [0.15, 0.2) is 60.8 Å². The number of hydrogen-bond donors (Lipinski definition) is 9. The summed E-state index contributed by atoms with van der Waals surface area (Å²) in [6, 6.07) is -0.915. The Morgan fingerprint density at radius 1 is 0.440 bits per heavy atom. The van der Waals surface area contributed by atoms with Crippen molar-refractivity contribution < 1.29 is 64.6 Å². The van der Waals surface area contributed by atoms with Crippen molar-refractivity contribution in [2.75, 3.05) is 19.8 Å². The summed E-state index contributed by atoms with van der Waals surface area (Å²) in [6.45, 7) is 2.71. The summed E-state index contributed by atoms with van der Waals surface area (Å²) < 4.78 is 22.8. The lowest BCUT2D eigenvalue weighted by Gasteiger charge is -2.46. The molecule has 0 aromatic carbocycles. The van der Waals surface area contributed by atoms with Crippen LogP contribution in [-0.2, 0) is 23.7 Å². The Labute approximate surface area is 511 Å². The number of rotatable bonds is 56. The van der Waals surface area contributed by atoms with E-state index in [1.165, 1.54) is 193 Å². The zero-order valence-electron chi connectivity index (χ0n) is 53.1. The second kappa shape index (κ2) is 54.8. The lowest BCUT2D eigenvalue weighted by Crippen LogP contribution is -2.65. The van der Waals surface area contributed by atoms with Crippen LogP contribution in [0.1, 0.15) is 284 Å². The van der Waals surface area contributed by atoms with E-state index >= 15 is 0 Å². The van der Waals surface area contributed by atoms with E-state index in [1.54, 1.807) is 6.08 Å². The first-order valence-electron chi connectivity index (χ1n) is 34.5. The van der Waals surface area contributed by atoms with Gasteiger partial charge in [-0.3, -0.25) is 4.79 Å². The highest BCUT2D eigenvalue weighted by molar-refractivity contribution is 5.76. The minimum absolute atomic E-state index is 0.236. The average Bonchev–Trinajstić information content (AvgIpc) is 3.17. The summed E-state index contributed by atoms with van der Waals surface area (Å²) in [6.07, 6.45) is 55.6. The van der Waals surface area contributed by atoms with Gasteiger partial charge in [0.25, 0.3) is 0 Å². The van der Waals surface area contributed by atoms with E-state index in [-0.39, 0.29) is 18.9 Å². The molecule has 2 rings (SSSR count). The van der Waals surface area contributed by atoms with E-state index in [9.17, 15) is 45.6 Å². The van der Waals surface area contributed by atoms with Crippen LogP contribution in [0.25, 0.3) is 0 Å². The zero-order chi connectivity index (χ0) is 60.9. The number of carbonyl (C=O) groups excluding carboxylic acids is 1. The molecule has 0 aromatic heterocycles. The molecule has 2 fully saturated rings. The number of ether oxygens (including phenoxy) is 4. The quantitative estimate of drug-likeness (QED) is 0.0204. The topological polar surface area (TPSA) is 228 Å². The van der Waals surface area contributed by atoms with Gasteiger partial charge in [-0.05, 0) is 57.8 Å². The van der Waals surface area contributed by atoms with Crippen molar-refractivity contribution in [1.29, 1.82) is 0 Å². The highest BCUT2D eigenvalue weighted by atomic mass is 16.7. The van der Waals surface area contributed by atoms with Gasteiger partial charge in [0.15, 0.2) is 12.6 Å². The smallest absolute Gasteiger partial charge is 0.220 e. The van der Waals surface area contributed by atoms with Gasteiger partial charge < -0.3 is 65.1 Å². The Morgan fingerprint density at radius 2 is 0.821 bits per heavy atom. The fourth-order valence-corrected chi connectivity index (χ4v) is 11.2. The molecule has 14 nitrogen and oxygen atoms in total. The number of aliphatic hydroxyl groups is 8. The highest BCUT2D eigenvalue weighted by Crippen LogP contribution is 2.30. The van der Waals surface area contributed by atoms with Gasteiger partial charge in [0.1, 0.15) is 48.8 Å². The van der Waals surface area contributed by atoms with Crippen LogP contribution in [0.2, 0.25) is 0 Å². The summed E-state index contributed by atoms with van der Waals surface area (Å²) >= 11 is 0. The van der Waals surface area contributed by atoms with E-state index in [0.717, 1.165) is 64.2 Å². The van der Waals surface area contributed by atoms with Crippen LogP contribution in [0.4, 0.5) is 0 Å². The molecule has 0 radical (unpaired) electrons. The van der Waals surface area contributed by atoms with Gasteiger partial charge in [-0.15, -0.1) is 0 Å². The van der Waals surface area contributed by atoms with Crippen LogP contribution in [-0.4, -0.2) is 140 Å². The molecule has 0 bridgehead atoms. The average molecular weight is 1190 g/mol. The predicted molar refractivity (Wildman–Crippen MR) is 341 cm³/mol. The van der Waals surface area contributed by atoms with Crippen LogP contribution in [0, 0.1) is 0 Å². The zero-order valence-corrected chi connectivity index (χ0v) is 53.1. The van der Waals surface area contributed by atoms with Gasteiger partial charge in [0.05, 0.1) is 32.0 Å². The molecule has 490 valence electrons. The van der Waals surface area contributed by atoms with E-state index in [1.807, 2.05) is 6.08 Å². The molecule has 84 heavy (non-hydrogen) atoms. The molecule has 12 atom stereocenters. The molecule has 12 unspecified atom stereocenters. The SMILES string of the molecule is CC/C=C\C/C=C\C/C=C\C/C=C\CCCCCCCCCCCCCCCCCCCCCCC(=O)NC(COC1OC(CO)C(OC2OC(CO)C(O)C(O)C2O)C(O)C1O)C(O)/C=C/CCCCCCCCCCCCCCCCC. The van der Waals surface area contributed by atoms with Crippen LogP contribution in [0.5, 0.6) is 0 Å². The Kier molecular flexibility index (Phi) is 50.8. The van der Waals surface area contributed by atoms with Crippen LogP contribution < -0.4 is 5.32 Å². The third-order valence-electron chi connectivity index (χ3n) is 16.7. The molecule has 0 aliphatic carbocycles. The summed E-state index contributed by atoms with van der Waals surface area (Å²) in [5.41, 5.74) is 0. The van der Waals surface area contributed by atoms with E-state index in [0.29, 0.717) is 6.42 Å². The van der Waals surface area contributed by atoms with E-state index in [4.69, 9.17) is 18.9 Å². The highest BCUT2D eigenvalue weighted by Gasteiger charge is 2.51. The predicted octanol–water partition coefficient (Wildman–Crippen LogP) is 13.7. The second-order valence-corrected chi connectivity index (χ2v) is 24.3. The number of hydrogen-bond acceptors (Lipinski definition) is 13. The third kappa shape index (κ3) is 38.9. The van der Waals surface area contributed by atoms with Gasteiger partial charge >= 0.3 is 0 Å². The van der Waals surface area contributed by atoms with E-state index in [2.05, 4.69) is 67.8 Å². The van der Waals surface area contributed by atoms with Crippen LogP contribution in [0.3, 0.4) is 0 Å². The fraction of sp³-hybridized carbons (Fsp3) is 0.843. The molecule has 1 amide bonds. The number of allylic oxidation sites excluding steroid dienone is 9. The number of nitrogens with one attached hydrogen (secondary N) is 1. The molecule has 2 aliphatic heterocycles. The maximum Gasteiger partial charge on any atom is 0.220 e. The maximum absolute atomic E-state index is 13.3. The number of carbonyl (C=O) groups is 1. The monoisotopic (exact) mass is 1190 g/mol. The summed E-state index contributed by atoms with van der Waals surface area (Å²) in [5.74, 6) is -0.236. The Balaban J connectivity index is 1.63. The Hall–Kier alpha value is -2.31. The van der Waals surface area contributed by atoms with Crippen molar-refractivity contribution in [2.45, 2.75) is 357 Å². The Bertz CT molecular complexity index is 1640. The van der Waals surface area contributed by atoms with Gasteiger partial charge in [0.2, 0.25) is 5.91 Å². The number of aliphatic hydroxyl groups excluding tert-OH is 8. The first-order chi connectivity index (χ1) is 41.1. The van der Waals surface area contributed by atoms with Crippen LogP contribution >= 0.6 is 0 Å². The van der Waals surface area contributed by atoms with Crippen molar-refractivity contribution in [2.24, 2.45) is 0 Å². The summed E-state index contributed by atoms with van der Waals surface area (Å²) in [7, 11) is 0. The minimum atomic E-state index is -1.79. The molecule has 0 spiro atoms. The van der Waals surface area contributed by atoms with E-state index < -0.39 is 86.8 Å². The summed E-state index contributed by atoms with van der Waals surface area (Å²) in [4.78, 5) is 13.3. The Morgan fingerprint density at radius 3 is 1.26 bits per heavy atom. The van der Waals surface area contributed by atoms with Crippen molar-refractivity contribution in [3.05, 3.63) is 60.8 Å². The number of amides is 1. The molecule has 0 saturated carbocycles. The lowest BCUT2D eigenvalue weighted by atomic mass is 9.97. The molecule has 9 N–H and O–H groups in total. The maximum atomic E-state index is 13.3. The number of unbranched alkanes of at least 4 members (excludes halogenated alkanes) is 35. The second-order valence-electron chi connectivity index (χ2n) is 24.3. The molecule has 14 heteroatoms. The van der Waals surface area contributed by atoms with Gasteiger partial charge in [-0.25, -0.2) is 0 Å². The van der Waals surface area contributed by atoms with Crippen molar-refractivity contribution in [1.82, 2.24) is 5.32 Å². The summed E-state index contributed by atoms with van der Waals surface area (Å²) in [5, 5.41) is 87.3. The molecular formula is C70H127NO13. The molecule has 2 saturated heterocycles. The fourth-order valence-electron chi connectivity index (χ4n) is 11.2. The lowest BCUT2D eigenvalue weighted by molar-refractivity contribution is -0.359. The minimum Gasteiger partial charge on any atom is -0.394 e. The molecular weight excluding hydrogens is 1060 g/mol. The van der Waals surface area contributed by atoms with Crippen molar-refractivity contribution >= 4 is 5.91 Å². The molecule has 2 aliphatic rings.